The second kappa shape index (κ2) is 5.33. The van der Waals surface area contributed by atoms with Gasteiger partial charge in [0.15, 0.2) is 5.65 Å². The van der Waals surface area contributed by atoms with E-state index in [-0.39, 0.29) is 12.5 Å². The number of likely N-dealkylation sites (N-methyl/N-ethyl adjacent to an activating group) is 1. The largest absolute Gasteiger partial charge is 0.456 e. The minimum atomic E-state index is -0.505. The van der Waals surface area contributed by atoms with Gasteiger partial charge < -0.3 is 14.6 Å². The highest BCUT2D eigenvalue weighted by Gasteiger charge is 2.34. The van der Waals surface area contributed by atoms with Gasteiger partial charge in [-0.15, -0.1) is 0 Å². The SMILES string of the molecule is CN1C(=O)CCC1C(=O)OCc1nc2nc(Cl)ccc2[nH]1. The molecule has 1 amide bonds. The Morgan fingerprint density at radius 1 is 1.52 bits per heavy atom. The first kappa shape index (κ1) is 13.8. The van der Waals surface area contributed by atoms with Crippen LogP contribution in [0.3, 0.4) is 0 Å². The van der Waals surface area contributed by atoms with E-state index in [1.54, 1.807) is 19.2 Å². The van der Waals surface area contributed by atoms with Crippen LogP contribution in [0.4, 0.5) is 0 Å². The average molecular weight is 309 g/mol. The Hall–Kier alpha value is -2.15. The summed E-state index contributed by atoms with van der Waals surface area (Å²) in [6, 6.07) is 2.90. The number of nitrogens with zero attached hydrogens (tertiary/aromatic N) is 3. The number of fused-ring (bicyclic) bond motifs is 1. The van der Waals surface area contributed by atoms with Crippen molar-refractivity contribution < 1.29 is 14.3 Å². The van der Waals surface area contributed by atoms with Crippen molar-refractivity contribution in [2.45, 2.75) is 25.5 Å². The number of hydrogen-bond donors (Lipinski definition) is 1. The zero-order valence-corrected chi connectivity index (χ0v) is 12.1. The highest BCUT2D eigenvalue weighted by atomic mass is 35.5. The van der Waals surface area contributed by atoms with Crippen molar-refractivity contribution in [3.05, 3.63) is 23.1 Å². The molecule has 1 atom stereocenters. The van der Waals surface area contributed by atoms with E-state index in [1.807, 2.05) is 0 Å². The summed E-state index contributed by atoms with van der Waals surface area (Å²) in [6.45, 7) is 0.00530. The van der Waals surface area contributed by atoms with Gasteiger partial charge in [-0.2, -0.15) is 0 Å². The number of esters is 1. The van der Waals surface area contributed by atoms with Crippen LogP contribution in [0.2, 0.25) is 5.15 Å². The van der Waals surface area contributed by atoms with Gasteiger partial charge >= 0.3 is 5.97 Å². The minimum absolute atomic E-state index is 0.00530. The van der Waals surface area contributed by atoms with Gasteiger partial charge in [-0.05, 0) is 18.6 Å². The summed E-state index contributed by atoms with van der Waals surface area (Å²) >= 11 is 5.78. The maximum atomic E-state index is 11.9. The Bertz CT molecular complexity index is 715. The number of ether oxygens (including phenoxy) is 1. The zero-order chi connectivity index (χ0) is 15.0. The van der Waals surface area contributed by atoms with E-state index in [1.165, 1.54) is 4.90 Å². The fraction of sp³-hybridized carbons (Fsp3) is 0.385. The van der Waals surface area contributed by atoms with E-state index in [9.17, 15) is 9.59 Å². The number of pyridine rings is 1. The first-order valence-electron chi connectivity index (χ1n) is 6.48. The second-order valence-electron chi connectivity index (χ2n) is 4.86. The number of carbonyl (C=O) groups excluding carboxylic acids is 2. The molecule has 1 aliphatic rings. The number of amides is 1. The lowest BCUT2D eigenvalue weighted by atomic mass is 10.2. The molecule has 7 nitrogen and oxygen atoms in total. The van der Waals surface area contributed by atoms with Gasteiger partial charge in [0.2, 0.25) is 5.91 Å². The number of H-pyrrole nitrogens is 1. The summed E-state index contributed by atoms with van der Waals surface area (Å²) in [5, 5.41) is 0.351. The molecule has 1 fully saturated rings. The third kappa shape index (κ3) is 2.69. The maximum Gasteiger partial charge on any atom is 0.329 e. The van der Waals surface area contributed by atoms with Crippen LogP contribution in [0.1, 0.15) is 18.7 Å². The number of aromatic amines is 1. The van der Waals surface area contributed by atoms with E-state index in [0.29, 0.717) is 29.5 Å². The van der Waals surface area contributed by atoms with Crippen molar-refractivity contribution in [1.29, 1.82) is 0 Å². The van der Waals surface area contributed by atoms with Crippen LogP contribution in [-0.2, 0) is 20.9 Å². The molecule has 21 heavy (non-hydrogen) atoms. The van der Waals surface area contributed by atoms with E-state index >= 15 is 0 Å². The van der Waals surface area contributed by atoms with Crippen molar-refractivity contribution in [2.24, 2.45) is 0 Å². The number of rotatable bonds is 3. The number of aromatic nitrogens is 3. The number of nitrogens with one attached hydrogen (secondary N) is 1. The molecule has 0 radical (unpaired) electrons. The zero-order valence-electron chi connectivity index (χ0n) is 11.3. The third-order valence-electron chi connectivity index (χ3n) is 3.48. The van der Waals surface area contributed by atoms with Crippen LogP contribution in [0.15, 0.2) is 12.1 Å². The smallest absolute Gasteiger partial charge is 0.329 e. The molecule has 8 heteroatoms. The lowest BCUT2D eigenvalue weighted by molar-refractivity contribution is -0.152. The Labute approximate surface area is 125 Å². The third-order valence-corrected chi connectivity index (χ3v) is 3.69. The van der Waals surface area contributed by atoms with Crippen LogP contribution in [0, 0.1) is 0 Å². The molecule has 2 aromatic rings. The number of hydrogen-bond acceptors (Lipinski definition) is 5. The average Bonchev–Trinajstić information content (AvgIpc) is 3.00. The van der Waals surface area contributed by atoms with Crippen LogP contribution < -0.4 is 0 Å². The molecule has 0 aromatic carbocycles. The molecule has 2 aromatic heterocycles. The summed E-state index contributed by atoms with van der Waals surface area (Å²) < 4.78 is 5.20. The molecule has 3 rings (SSSR count). The van der Waals surface area contributed by atoms with Gasteiger partial charge in [0.1, 0.15) is 23.6 Å². The summed E-state index contributed by atoms with van der Waals surface area (Å²) in [6.07, 6.45) is 0.870. The lowest BCUT2D eigenvalue weighted by Gasteiger charge is -2.17. The predicted octanol–water partition coefficient (Wildman–Crippen LogP) is 1.28. The quantitative estimate of drug-likeness (QED) is 0.681. The molecule has 110 valence electrons. The van der Waals surface area contributed by atoms with Gasteiger partial charge in [-0.25, -0.2) is 14.8 Å². The number of carbonyl (C=O) groups is 2. The van der Waals surface area contributed by atoms with Gasteiger partial charge in [-0.1, -0.05) is 11.6 Å². The highest BCUT2D eigenvalue weighted by Crippen LogP contribution is 2.18. The Morgan fingerprint density at radius 2 is 2.33 bits per heavy atom. The van der Waals surface area contributed by atoms with E-state index in [0.717, 1.165) is 5.52 Å². The molecular weight excluding hydrogens is 296 g/mol. The molecule has 0 saturated carbocycles. The Balaban J connectivity index is 1.66. The summed E-state index contributed by atoms with van der Waals surface area (Å²) in [4.78, 5) is 36.0. The van der Waals surface area contributed by atoms with Gasteiger partial charge in [0.25, 0.3) is 0 Å². The summed E-state index contributed by atoms with van der Waals surface area (Å²) in [5.41, 5.74) is 1.19. The van der Waals surface area contributed by atoms with Gasteiger partial charge in [0.05, 0.1) is 5.52 Å². The Kier molecular flexibility index (Phi) is 3.50. The predicted molar refractivity (Wildman–Crippen MR) is 74.5 cm³/mol. The van der Waals surface area contributed by atoms with E-state index in [4.69, 9.17) is 16.3 Å². The van der Waals surface area contributed by atoms with Crippen molar-refractivity contribution in [3.8, 4) is 0 Å². The minimum Gasteiger partial charge on any atom is -0.456 e. The fourth-order valence-electron chi connectivity index (χ4n) is 2.30. The van der Waals surface area contributed by atoms with Crippen molar-refractivity contribution in [2.75, 3.05) is 7.05 Å². The van der Waals surface area contributed by atoms with E-state index < -0.39 is 12.0 Å². The summed E-state index contributed by atoms with van der Waals surface area (Å²) in [5.74, 6) is 0.0226. The number of halogens is 1. The monoisotopic (exact) mass is 308 g/mol. The van der Waals surface area contributed by atoms with Crippen LogP contribution in [0.5, 0.6) is 0 Å². The second-order valence-corrected chi connectivity index (χ2v) is 5.24. The molecule has 1 aliphatic heterocycles. The first-order valence-corrected chi connectivity index (χ1v) is 6.86. The normalized spacial score (nSPS) is 18.5. The molecular formula is C13H13ClN4O3. The van der Waals surface area contributed by atoms with E-state index in [2.05, 4.69) is 15.0 Å². The first-order chi connectivity index (χ1) is 10.0. The molecule has 0 spiro atoms. The van der Waals surface area contributed by atoms with Crippen molar-refractivity contribution in [1.82, 2.24) is 19.9 Å². The lowest BCUT2D eigenvalue weighted by Crippen LogP contribution is -2.36. The molecule has 0 aliphatic carbocycles. The molecule has 3 heterocycles. The topological polar surface area (TPSA) is 88.2 Å². The Morgan fingerprint density at radius 3 is 3.05 bits per heavy atom. The standard InChI is InChI=1S/C13H13ClN4O3/c1-18-8(3-5-11(18)19)13(20)21-6-10-15-7-2-4-9(14)16-12(7)17-10/h2,4,8H,3,5-6H2,1H3,(H,15,16,17). The van der Waals surface area contributed by atoms with Crippen LogP contribution >= 0.6 is 11.6 Å². The fourth-order valence-corrected chi connectivity index (χ4v) is 2.45. The summed E-state index contributed by atoms with van der Waals surface area (Å²) in [7, 11) is 1.61. The molecule has 0 bridgehead atoms. The van der Waals surface area contributed by atoms with Gasteiger partial charge in [0, 0.05) is 13.5 Å². The molecule has 1 saturated heterocycles. The molecule has 1 N–H and O–H groups in total. The van der Waals surface area contributed by atoms with Gasteiger partial charge in [-0.3, -0.25) is 4.79 Å². The van der Waals surface area contributed by atoms with Crippen LogP contribution in [0.25, 0.3) is 11.2 Å². The highest BCUT2D eigenvalue weighted by molar-refractivity contribution is 6.29. The number of imidazole rings is 1. The van der Waals surface area contributed by atoms with Crippen LogP contribution in [-0.4, -0.2) is 44.8 Å². The number of likely N-dealkylation sites (tertiary alicyclic amines) is 1. The van der Waals surface area contributed by atoms with Crippen molar-refractivity contribution in [3.63, 3.8) is 0 Å². The maximum absolute atomic E-state index is 11.9. The molecule has 1 unspecified atom stereocenters. The van der Waals surface area contributed by atoms with Crippen molar-refractivity contribution >= 4 is 34.6 Å².